The SMILES string of the molecule is CCCNC(C1=CCCCC1)c1ccccc1Cl. The molecule has 0 aromatic heterocycles. The van der Waals surface area contributed by atoms with Gasteiger partial charge >= 0.3 is 0 Å². The van der Waals surface area contributed by atoms with Gasteiger partial charge in [0.05, 0.1) is 6.04 Å². The third-order valence-electron chi connectivity index (χ3n) is 3.51. The number of hydrogen-bond donors (Lipinski definition) is 1. The molecule has 98 valence electrons. The first-order chi connectivity index (χ1) is 8.83. The highest BCUT2D eigenvalue weighted by molar-refractivity contribution is 6.31. The second kappa shape index (κ2) is 6.96. The van der Waals surface area contributed by atoms with Crippen molar-refractivity contribution in [2.75, 3.05) is 6.54 Å². The van der Waals surface area contributed by atoms with Crippen LogP contribution in [0, 0.1) is 0 Å². The monoisotopic (exact) mass is 263 g/mol. The van der Waals surface area contributed by atoms with Crippen LogP contribution in [0.15, 0.2) is 35.9 Å². The zero-order valence-corrected chi connectivity index (χ0v) is 11.8. The Kier molecular flexibility index (Phi) is 5.27. The fraction of sp³-hybridized carbons (Fsp3) is 0.500. The van der Waals surface area contributed by atoms with Gasteiger partial charge in [-0.2, -0.15) is 0 Å². The molecule has 18 heavy (non-hydrogen) atoms. The minimum atomic E-state index is 0.305. The Balaban J connectivity index is 2.24. The molecule has 0 aliphatic heterocycles. The van der Waals surface area contributed by atoms with Gasteiger partial charge in [-0.3, -0.25) is 0 Å². The van der Waals surface area contributed by atoms with Crippen molar-refractivity contribution in [3.05, 3.63) is 46.5 Å². The molecule has 1 aliphatic carbocycles. The van der Waals surface area contributed by atoms with Gasteiger partial charge in [-0.15, -0.1) is 0 Å². The molecule has 1 N–H and O–H groups in total. The van der Waals surface area contributed by atoms with Crippen LogP contribution < -0.4 is 5.32 Å². The lowest BCUT2D eigenvalue weighted by molar-refractivity contribution is 0.547. The van der Waals surface area contributed by atoms with Crippen LogP contribution in [-0.2, 0) is 0 Å². The van der Waals surface area contributed by atoms with E-state index < -0.39 is 0 Å². The number of benzene rings is 1. The second-order valence-electron chi connectivity index (χ2n) is 4.93. The average molecular weight is 264 g/mol. The van der Waals surface area contributed by atoms with Crippen LogP contribution >= 0.6 is 11.6 Å². The Morgan fingerprint density at radius 2 is 2.11 bits per heavy atom. The molecule has 0 amide bonds. The fourth-order valence-electron chi connectivity index (χ4n) is 2.56. The summed E-state index contributed by atoms with van der Waals surface area (Å²) in [5.74, 6) is 0. The molecule has 1 aromatic carbocycles. The summed E-state index contributed by atoms with van der Waals surface area (Å²) >= 11 is 6.35. The van der Waals surface area contributed by atoms with E-state index in [9.17, 15) is 0 Å². The fourth-order valence-corrected chi connectivity index (χ4v) is 2.81. The molecule has 0 heterocycles. The molecular formula is C16H22ClN. The maximum Gasteiger partial charge on any atom is 0.0550 e. The Labute approximate surface area is 115 Å². The first-order valence-electron chi connectivity index (χ1n) is 6.99. The minimum Gasteiger partial charge on any atom is -0.306 e. The van der Waals surface area contributed by atoms with Crippen LogP contribution in [0.25, 0.3) is 0 Å². The van der Waals surface area contributed by atoms with Crippen LogP contribution in [0.3, 0.4) is 0 Å². The predicted octanol–water partition coefficient (Wildman–Crippen LogP) is 4.88. The molecule has 1 nitrogen and oxygen atoms in total. The third kappa shape index (κ3) is 3.37. The summed E-state index contributed by atoms with van der Waals surface area (Å²) in [6.45, 7) is 3.24. The number of halogens is 1. The van der Waals surface area contributed by atoms with Gasteiger partial charge in [-0.25, -0.2) is 0 Å². The van der Waals surface area contributed by atoms with E-state index in [4.69, 9.17) is 11.6 Å². The molecule has 0 fully saturated rings. The molecule has 2 rings (SSSR count). The van der Waals surface area contributed by atoms with E-state index in [0.717, 1.165) is 18.0 Å². The first kappa shape index (κ1) is 13.6. The van der Waals surface area contributed by atoms with E-state index >= 15 is 0 Å². The highest BCUT2D eigenvalue weighted by atomic mass is 35.5. The summed E-state index contributed by atoms with van der Waals surface area (Å²) < 4.78 is 0. The Morgan fingerprint density at radius 1 is 1.28 bits per heavy atom. The van der Waals surface area contributed by atoms with Crippen molar-refractivity contribution in [2.45, 2.75) is 45.1 Å². The Bertz CT molecular complexity index is 411. The lowest BCUT2D eigenvalue weighted by atomic mass is 9.89. The molecule has 1 atom stereocenters. The van der Waals surface area contributed by atoms with Crippen LogP contribution in [-0.4, -0.2) is 6.54 Å². The lowest BCUT2D eigenvalue weighted by Gasteiger charge is -2.25. The minimum absolute atomic E-state index is 0.305. The van der Waals surface area contributed by atoms with Gasteiger partial charge < -0.3 is 5.32 Å². The van der Waals surface area contributed by atoms with E-state index in [0.29, 0.717) is 6.04 Å². The number of nitrogens with one attached hydrogen (secondary N) is 1. The molecule has 1 unspecified atom stereocenters. The average Bonchev–Trinajstić information content (AvgIpc) is 2.42. The second-order valence-corrected chi connectivity index (χ2v) is 5.34. The molecular weight excluding hydrogens is 242 g/mol. The highest BCUT2D eigenvalue weighted by Crippen LogP contribution is 2.33. The van der Waals surface area contributed by atoms with Crippen molar-refractivity contribution >= 4 is 11.6 Å². The first-order valence-corrected chi connectivity index (χ1v) is 7.37. The lowest BCUT2D eigenvalue weighted by Crippen LogP contribution is -2.25. The van der Waals surface area contributed by atoms with E-state index in [1.165, 1.54) is 36.8 Å². The van der Waals surface area contributed by atoms with Gasteiger partial charge in [0.15, 0.2) is 0 Å². The predicted molar refractivity (Wildman–Crippen MR) is 79.0 cm³/mol. The summed E-state index contributed by atoms with van der Waals surface area (Å²) in [6.07, 6.45) is 8.60. The quantitative estimate of drug-likeness (QED) is 0.747. The topological polar surface area (TPSA) is 12.0 Å². The van der Waals surface area contributed by atoms with Gasteiger partial charge in [0.2, 0.25) is 0 Å². The third-order valence-corrected chi connectivity index (χ3v) is 3.86. The van der Waals surface area contributed by atoms with E-state index in [2.05, 4.69) is 30.4 Å². The standard InChI is InChI=1S/C16H22ClN/c1-2-12-18-16(13-8-4-3-5-9-13)14-10-6-7-11-15(14)17/h6-8,10-11,16,18H,2-5,9,12H2,1H3. The van der Waals surface area contributed by atoms with Crippen LogP contribution in [0.2, 0.25) is 5.02 Å². The zero-order chi connectivity index (χ0) is 12.8. The van der Waals surface area contributed by atoms with Crippen molar-refractivity contribution in [3.63, 3.8) is 0 Å². The number of rotatable bonds is 5. The van der Waals surface area contributed by atoms with E-state index in [1.807, 2.05) is 12.1 Å². The summed E-state index contributed by atoms with van der Waals surface area (Å²) in [4.78, 5) is 0. The molecule has 1 aromatic rings. The highest BCUT2D eigenvalue weighted by Gasteiger charge is 2.19. The van der Waals surface area contributed by atoms with Gasteiger partial charge in [-0.1, -0.05) is 48.4 Å². The smallest absolute Gasteiger partial charge is 0.0550 e. The van der Waals surface area contributed by atoms with E-state index in [-0.39, 0.29) is 0 Å². The molecule has 1 aliphatic rings. The molecule has 0 saturated heterocycles. The van der Waals surface area contributed by atoms with Crippen molar-refractivity contribution in [1.29, 1.82) is 0 Å². The maximum absolute atomic E-state index is 6.35. The molecule has 0 radical (unpaired) electrons. The van der Waals surface area contributed by atoms with Crippen molar-refractivity contribution in [1.82, 2.24) is 5.32 Å². The largest absolute Gasteiger partial charge is 0.306 e. The molecule has 0 spiro atoms. The van der Waals surface area contributed by atoms with Crippen molar-refractivity contribution < 1.29 is 0 Å². The summed E-state index contributed by atoms with van der Waals surface area (Å²) in [5.41, 5.74) is 2.74. The summed E-state index contributed by atoms with van der Waals surface area (Å²) in [6, 6.07) is 8.51. The van der Waals surface area contributed by atoms with Crippen molar-refractivity contribution in [3.8, 4) is 0 Å². The normalized spacial score (nSPS) is 17.3. The molecule has 2 heteroatoms. The van der Waals surface area contributed by atoms with Gasteiger partial charge in [0.25, 0.3) is 0 Å². The van der Waals surface area contributed by atoms with E-state index in [1.54, 1.807) is 0 Å². The Morgan fingerprint density at radius 3 is 2.78 bits per heavy atom. The maximum atomic E-state index is 6.35. The number of hydrogen-bond acceptors (Lipinski definition) is 1. The molecule has 0 bridgehead atoms. The van der Waals surface area contributed by atoms with Crippen molar-refractivity contribution in [2.24, 2.45) is 0 Å². The van der Waals surface area contributed by atoms with Crippen LogP contribution in [0.1, 0.15) is 50.6 Å². The van der Waals surface area contributed by atoms with Crippen LogP contribution in [0.5, 0.6) is 0 Å². The van der Waals surface area contributed by atoms with Crippen LogP contribution in [0.4, 0.5) is 0 Å². The Hall–Kier alpha value is -0.790. The van der Waals surface area contributed by atoms with Gasteiger partial charge in [-0.05, 0) is 50.3 Å². The zero-order valence-electron chi connectivity index (χ0n) is 11.1. The van der Waals surface area contributed by atoms with Gasteiger partial charge in [0, 0.05) is 5.02 Å². The van der Waals surface area contributed by atoms with Gasteiger partial charge in [0.1, 0.15) is 0 Å². The number of allylic oxidation sites excluding steroid dienone is 1. The summed E-state index contributed by atoms with van der Waals surface area (Å²) in [5, 5.41) is 4.52. The summed E-state index contributed by atoms with van der Waals surface area (Å²) in [7, 11) is 0. The molecule has 0 saturated carbocycles.